The Balaban J connectivity index is 0.00000121. The first kappa shape index (κ1) is 10.9. The van der Waals surface area contributed by atoms with Gasteiger partial charge < -0.3 is 10.8 Å². The average molecular weight is 188 g/mol. The first-order valence-corrected chi connectivity index (χ1v) is 3.25. The standard InChI is InChI=1S/C8H9NO2.ClH/c9-7(8(10)11)6-4-2-1-3-5-6;/h1-5,7H,9H2,(H,10,11);1H. The van der Waals surface area contributed by atoms with Crippen LogP contribution < -0.4 is 5.73 Å². The maximum atomic E-state index is 10.4. The fourth-order valence-corrected chi connectivity index (χ4v) is 0.803. The quantitative estimate of drug-likeness (QED) is 0.731. The summed E-state index contributed by atoms with van der Waals surface area (Å²) in [6, 6.07) is 7.82. The Bertz CT molecular complexity index is 250. The zero-order chi connectivity index (χ0) is 8.27. The summed E-state index contributed by atoms with van der Waals surface area (Å²) in [7, 11) is 0. The number of carboxylic acids is 1. The molecule has 1 atom stereocenters. The number of nitrogens with two attached hydrogens (primary N) is 1. The van der Waals surface area contributed by atoms with E-state index >= 15 is 0 Å². The second kappa shape index (κ2) is 4.74. The van der Waals surface area contributed by atoms with Crippen LogP contribution in [-0.2, 0) is 4.79 Å². The molecular formula is C8H10ClNO2. The molecule has 0 aliphatic carbocycles. The Morgan fingerprint density at radius 1 is 1.33 bits per heavy atom. The molecule has 0 spiro atoms. The summed E-state index contributed by atoms with van der Waals surface area (Å²) in [5.74, 6) is -1.00. The van der Waals surface area contributed by atoms with Crippen molar-refractivity contribution in [2.24, 2.45) is 5.73 Å². The molecule has 0 saturated heterocycles. The van der Waals surface area contributed by atoms with E-state index in [4.69, 9.17) is 10.8 Å². The van der Waals surface area contributed by atoms with Gasteiger partial charge in [0.2, 0.25) is 0 Å². The summed E-state index contributed by atoms with van der Waals surface area (Å²) in [5.41, 5.74) is 5.96. The van der Waals surface area contributed by atoms with Gasteiger partial charge in [0.1, 0.15) is 6.04 Å². The molecule has 4 heteroatoms. The molecule has 0 saturated carbocycles. The highest BCUT2D eigenvalue weighted by Crippen LogP contribution is 2.08. The van der Waals surface area contributed by atoms with Gasteiger partial charge in [-0.1, -0.05) is 30.3 Å². The van der Waals surface area contributed by atoms with Crippen LogP contribution in [0.5, 0.6) is 0 Å². The van der Waals surface area contributed by atoms with Crippen LogP contribution in [0.4, 0.5) is 0 Å². The van der Waals surface area contributed by atoms with Gasteiger partial charge >= 0.3 is 5.97 Å². The molecular weight excluding hydrogens is 178 g/mol. The lowest BCUT2D eigenvalue weighted by atomic mass is 10.1. The van der Waals surface area contributed by atoms with Crippen molar-refractivity contribution in [3.8, 4) is 0 Å². The van der Waals surface area contributed by atoms with E-state index in [0.29, 0.717) is 5.56 Å². The Hall–Kier alpha value is -1.06. The molecule has 1 aromatic rings. The fraction of sp³-hybridized carbons (Fsp3) is 0.125. The summed E-state index contributed by atoms with van der Waals surface area (Å²) < 4.78 is 0. The van der Waals surface area contributed by atoms with E-state index in [2.05, 4.69) is 0 Å². The van der Waals surface area contributed by atoms with E-state index in [1.807, 2.05) is 6.07 Å². The van der Waals surface area contributed by atoms with Crippen molar-refractivity contribution < 1.29 is 9.90 Å². The van der Waals surface area contributed by atoms with E-state index in [9.17, 15) is 4.79 Å². The van der Waals surface area contributed by atoms with Crippen molar-refractivity contribution in [1.29, 1.82) is 0 Å². The number of carbonyl (C=O) groups is 1. The summed E-state index contributed by atoms with van der Waals surface area (Å²) in [6.07, 6.45) is 0. The van der Waals surface area contributed by atoms with E-state index in [1.165, 1.54) is 0 Å². The van der Waals surface area contributed by atoms with Crippen molar-refractivity contribution in [3.63, 3.8) is 0 Å². The predicted octanol–water partition coefficient (Wildman–Crippen LogP) is 1.19. The predicted molar refractivity (Wildman–Crippen MR) is 48.3 cm³/mol. The highest BCUT2D eigenvalue weighted by Gasteiger charge is 2.12. The van der Waals surface area contributed by atoms with Crippen LogP contribution in [0.2, 0.25) is 0 Å². The largest absolute Gasteiger partial charge is 0.480 e. The van der Waals surface area contributed by atoms with Crippen LogP contribution in [0.3, 0.4) is 0 Å². The lowest BCUT2D eigenvalue weighted by Crippen LogP contribution is -2.20. The number of aliphatic carboxylic acids is 1. The molecule has 0 aliphatic rings. The molecule has 0 amide bonds. The van der Waals surface area contributed by atoms with Gasteiger partial charge in [0.15, 0.2) is 0 Å². The molecule has 0 fully saturated rings. The van der Waals surface area contributed by atoms with Crippen molar-refractivity contribution in [3.05, 3.63) is 35.9 Å². The molecule has 66 valence electrons. The Labute approximate surface area is 76.6 Å². The van der Waals surface area contributed by atoms with E-state index < -0.39 is 12.0 Å². The summed E-state index contributed by atoms with van der Waals surface area (Å²) in [5, 5.41) is 8.51. The van der Waals surface area contributed by atoms with Gasteiger partial charge in [-0.15, -0.1) is 12.4 Å². The molecule has 0 aromatic heterocycles. The van der Waals surface area contributed by atoms with Crippen molar-refractivity contribution in [1.82, 2.24) is 0 Å². The Kier molecular flexibility index (Phi) is 4.33. The SMILES string of the molecule is Cl.NC(C(=O)O)c1ccccc1. The number of halogens is 1. The minimum absolute atomic E-state index is 0. The second-order valence-corrected chi connectivity index (χ2v) is 2.23. The van der Waals surface area contributed by atoms with Crippen LogP contribution in [0, 0.1) is 0 Å². The molecule has 0 aliphatic heterocycles. The maximum Gasteiger partial charge on any atom is 0.325 e. The fourth-order valence-electron chi connectivity index (χ4n) is 0.803. The van der Waals surface area contributed by atoms with E-state index in [0.717, 1.165) is 0 Å². The van der Waals surface area contributed by atoms with Crippen molar-refractivity contribution >= 4 is 18.4 Å². The highest BCUT2D eigenvalue weighted by molar-refractivity contribution is 5.85. The second-order valence-electron chi connectivity index (χ2n) is 2.23. The van der Waals surface area contributed by atoms with Gasteiger partial charge in [-0.2, -0.15) is 0 Å². The zero-order valence-electron chi connectivity index (χ0n) is 6.31. The molecule has 0 heterocycles. The van der Waals surface area contributed by atoms with Gasteiger partial charge in [0, 0.05) is 0 Å². The number of benzene rings is 1. The normalized spacial score (nSPS) is 11.4. The van der Waals surface area contributed by atoms with Gasteiger partial charge in [-0.05, 0) is 5.56 Å². The van der Waals surface area contributed by atoms with Gasteiger partial charge in [0.25, 0.3) is 0 Å². The molecule has 0 radical (unpaired) electrons. The van der Waals surface area contributed by atoms with Crippen LogP contribution in [0.25, 0.3) is 0 Å². The number of hydrogen-bond donors (Lipinski definition) is 2. The Morgan fingerprint density at radius 2 is 1.83 bits per heavy atom. The minimum atomic E-state index is -1.00. The third-order valence-electron chi connectivity index (χ3n) is 1.42. The monoisotopic (exact) mass is 187 g/mol. The molecule has 0 bridgehead atoms. The summed E-state index contributed by atoms with van der Waals surface area (Å²) in [4.78, 5) is 10.4. The number of carboxylic acid groups (broad SMARTS) is 1. The minimum Gasteiger partial charge on any atom is -0.480 e. The smallest absolute Gasteiger partial charge is 0.325 e. The van der Waals surface area contributed by atoms with E-state index in [1.54, 1.807) is 24.3 Å². The topological polar surface area (TPSA) is 63.3 Å². The lowest BCUT2D eigenvalue weighted by molar-refractivity contribution is -0.138. The molecule has 1 unspecified atom stereocenters. The molecule has 1 rings (SSSR count). The maximum absolute atomic E-state index is 10.4. The molecule has 12 heavy (non-hydrogen) atoms. The first-order valence-electron chi connectivity index (χ1n) is 3.25. The van der Waals surface area contributed by atoms with Crippen LogP contribution >= 0.6 is 12.4 Å². The van der Waals surface area contributed by atoms with Crippen LogP contribution in [-0.4, -0.2) is 11.1 Å². The van der Waals surface area contributed by atoms with Crippen molar-refractivity contribution in [2.45, 2.75) is 6.04 Å². The molecule has 1 aromatic carbocycles. The molecule has 3 N–H and O–H groups in total. The average Bonchev–Trinajstić information content (AvgIpc) is 2.05. The number of rotatable bonds is 2. The summed E-state index contributed by atoms with van der Waals surface area (Å²) in [6.45, 7) is 0. The highest BCUT2D eigenvalue weighted by atomic mass is 35.5. The van der Waals surface area contributed by atoms with Crippen LogP contribution in [0.1, 0.15) is 11.6 Å². The first-order chi connectivity index (χ1) is 5.22. The summed E-state index contributed by atoms with van der Waals surface area (Å²) >= 11 is 0. The zero-order valence-corrected chi connectivity index (χ0v) is 7.12. The third kappa shape index (κ3) is 2.53. The van der Waals surface area contributed by atoms with Crippen molar-refractivity contribution in [2.75, 3.05) is 0 Å². The van der Waals surface area contributed by atoms with Crippen LogP contribution in [0.15, 0.2) is 30.3 Å². The Morgan fingerprint density at radius 3 is 2.25 bits per heavy atom. The third-order valence-corrected chi connectivity index (χ3v) is 1.42. The lowest BCUT2D eigenvalue weighted by Gasteiger charge is -2.04. The van der Waals surface area contributed by atoms with E-state index in [-0.39, 0.29) is 12.4 Å². The van der Waals surface area contributed by atoms with Gasteiger partial charge in [0.05, 0.1) is 0 Å². The molecule has 3 nitrogen and oxygen atoms in total. The van der Waals surface area contributed by atoms with Gasteiger partial charge in [-0.3, -0.25) is 4.79 Å². The number of hydrogen-bond acceptors (Lipinski definition) is 2. The van der Waals surface area contributed by atoms with Gasteiger partial charge in [-0.25, -0.2) is 0 Å².